The Balaban J connectivity index is 3.11. The topological polar surface area (TPSA) is 212 Å². The average Bonchev–Trinajstić information content (AvgIpc) is 3.07. The standard InChI is InChI=1S/C37H70N4O9/c1-4-6-8-10-12-14-16-18-20-22-24-41(32(44)23-21-19-17-15-13-11-9-7-5-2)37(26-30(43)34(47)31(27-42)50-37)40-35(48)28(3)39-36(49)29(38)25-33(45)46/h28-31,34,42-43,47H,4-27,38H2,1-3H3,(H,39,49)(H,40,48)(H,45,46)/t28-,29+,30-,31-,34+,37+/m1/s1. The van der Waals surface area contributed by atoms with Gasteiger partial charge in [0.05, 0.1) is 25.2 Å². The van der Waals surface area contributed by atoms with Crippen molar-refractivity contribution in [2.75, 3.05) is 13.2 Å². The number of aliphatic hydroxyl groups is 3. The van der Waals surface area contributed by atoms with Crippen LogP contribution in [-0.2, 0) is 23.9 Å². The Kier molecular flexibility index (Phi) is 24.2. The number of aliphatic carboxylic acids is 1. The van der Waals surface area contributed by atoms with Gasteiger partial charge in [0.1, 0.15) is 18.2 Å². The highest BCUT2D eigenvalue weighted by Crippen LogP contribution is 2.32. The third kappa shape index (κ3) is 17.7. The molecule has 13 nitrogen and oxygen atoms in total. The number of rotatable bonds is 29. The first-order chi connectivity index (χ1) is 23.9. The summed E-state index contributed by atoms with van der Waals surface area (Å²) < 4.78 is 6.15. The summed E-state index contributed by atoms with van der Waals surface area (Å²) in [6.45, 7) is 5.30. The summed E-state index contributed by atoms with van der Waals surface area (Å²) in [5, 5.41) is 45.7. The fourth-order valence-corrected chi connectivity index (χ4v) is 6.44. The number of carboxylic acid groups (broad SMARTS) is 1. The zero-order chi connectivity index (χ0) is 37.4. The number of ether oxygens (including phenoxy) is 1. The van der Waals surface area contributed by atoms with Crippen molar-refractivity contribution in [3.05, 3.63) is 0 Å². The van der Waals surface area contributed by atoms with E-state index in [1.165, 1.54) is 76.0 Å². The molecule has 0 spiro atoms. The number of amides is 3. The van der Waals surface area contributed by atoms with Crippen LogP contribution in [0.3, 0.4) is 0 Å². The molecule has 1 rings (SSSR count). The second-order valence-electron chi connectivity index (χ2n) is 14.1. The zero-order valence-corrected chi connectivity index (χ0v) is 31.2. The lowest BCUT2D eigenvalue weighted by Crippen LogP contribution is -2.72. The minimum atomic E-state index is -1.92. The van der Waals surface area contributed by atoms with Crippen LogP contribution in [-0.4, -0.2) is 98.4 Å². The molecule has 0 aromatic carbocycles. The van der Waals surface area contributed by atoms with Crippen molar-refractivity contribution < 1.29 is 44.3 Å². The predicted molar refractivity (Wildman–Crippen MR) is 193 cm³/mol. The highest BCUT2D eigenvalue weighted by molar-refractivity contribution is 5.91. The Labute approximate surface area is 300 Å². The smallest absolute Gasteiger partial charge is 0.305 e. The molecule has 0 saturated carbocycles. The van der Waals surface area contributed by atoms with Crippen molar-refractivity contribution in [1.82, 2.24) is 15.5 Å². The number of nitrogens with one attached hydrogen (secondary N) is 2. The van der Waals surface area contributed by atoms with Gasteiger partial charge >= 0.3 is 5.97 Å². The number of carboxylic acids is 1. The fourth-order valence-electron chi connectivity index (χ4n) is 6.44. The van der Waals surface area contributed by atoms with Crippen LogP contribution < -0.4 is 16.4 Å². The highest BCUT2D eigenvalue weighted by atomic mass is 16.6. The number of carbonyl (C=O) groups excluding carboxylic acids is 3. The van der Waals surface area contributed by atoms with Crippen LogP contribution in [0.25, 0.3) is 0 Å². The molecule has 1 heterocycles. The van der Waals surface area contributed by atoms with Gasteiger partial charge < -0.3 is 41.5 Å². The normalized spacial score (nSPS) is 21.7. The Bertz CT molecular complexity index is 971. The van der Waals surface area contributed by atoms with E-state index in [1.807, 2.05) is 0 Å². The monoisotopic (exact) mass is 715 g/mol. The van der Waals surface area contributed by atoms with Gasteiger partial charge in [-0.1, -0.05) is 123 Å². The number of unbranched alkanes of at least 4 members (excludes halogenated alkanes) is 17. The van der Waals surface area contributed by atoms with E-state index >= 15 is 0 Å². The predicted octanol–water partition coefficient (Wildman–Crippen LogP) is 4.24. The van der Waals surface area contributed by atoms with Crippen molar-refractivity contribution in [3.63, 3.8) is 0 Å². The largest absolute Gasteiger partial charge is 0.481 e. The van der Waals surface area contributed by atoms with Gasteiger partial charge in [-0.2, -0.15) is 0 Å². The molecule has 13 heteroatoms. The lowest BCUT2D eigenvalue weighted by molar-refractivity contribution is -0.280. The maximum Gasteiger partial charge on any atom is 0.305 e. The minimum absolute atomic E-state index is 0.188. The van der Waals surface area contributed by atoms with Gasteiger partial charge in [0.2, 0.25) is 23.6 Å². The molecule has 292 valence electrons. The molecule has 50 heavy (non-hydrogen) atoms. The molecule has 0 unspecified atom stereocenters. The molecular weight excluding hydrogens is 644 g/mol. The Morgan fingerprint density at radius 3 is 1.76 bits per heavy atom. The van der Waals surface area contributed by atoms with Crippen molar-refractivity contribution in [2.45, 2.75) is 198 Å². The fraction of sp³-hybridized carbons (Fsp3) is 0.892. The van der Waals surface area contributed by atoms with Gasteiger partial charge in [0.15, 0.2) is 0 Å². The minimum Gasteiger partial charge on any atom is -0.481 e. The van der Waals surface area contributed by atoms with Gasteiger partial charge in [0, 0.05) is 19.4 Å². The van der Waals surface area contributed by atoms with Crippen molar-refractivity contribution in [2.24, 2.45) is 5.73 Å². The summed E-state index contributed by atoms with van der Waals surface area (Å²) >= 11 is 0. The Morgan fingerprint density at radius 1 is 0.800 bits per heavy atom. The number of hydrogen-bond donors (Lipinski definition) is 7. The van der Waals surface area contributed by atoms with Crippen LogP contribution in [0.2, 0.25) is 0 Å². The van der Waals surface area contributed by atoms with Gasteiger partial charge in [-0.15, -0.1) is 0 Å². The van der Waals surface area contributed by atoms with Crippen LogP contribution in [0.4, 0.5) is 0 Å². The lowest BCUT2D eigenvalue weighted by atomic mass is 9.96. The molecule has 0 aliphatic carbocycles. The Morgan fingerprint density at radius 2 is 1.28 bits per heavy atom. The molecule has 0 radical (unpaired) electrons. The van der Waals surface area contributed by atoms with Crippen LogP contribution in [0.1, 0.15) is 162 Å². The van der Waals surface area contributed by atoms with E-state index in [0.717, 1.165) is 44.9 Å². The first kappa shape index (κ1) is 45.7. The van der Waals surface area contributed by atoms with Gasteiger partial charge in [-0.3, -0.25) is 24.1 Å². The summed E-state index contributed by atoms with van der Waals surface area (Å²) in [5.74, 6) is -5.09. The molecule has 0 aromatic heterocycles. The molecule has 6 atom stereocenters. The summed E-state index contributed by atoms with van der Waals surface area (Å²) in [4.78, 5) is 52.5. The third-order valence-electron chi connectivity index (χ3n) is 9.56. The van der Waals surface area contributed by atoms with E-state index in [1.54, 1.807) is 0 Å². The number of nitrogens with two attached hydrogens (primary N) is 1. The van der Waals surface area contributed by atoms with E-state index in [9.17, 15) is 34.5 Å². The Hall–Kier alpha value is -2.32. The van der Waals surface area contributed by atoms with E-state index in [0.29, 0.717) is 12.8 Å². The molecule has 0 bridgehead atoms. The van der Waals surface area contributed by atoms with Gasteiger partial charge in [-0.05, 0) is 19.8 Å². The lowest BCUT2D eigenvalue weighted by Gasteiger charge is -2.51. The zero-order valence-electron chi connectivity index (χ0n) is 31.2. The molecule has 1 aliphatic heterocycles. The van der Waals surface area contributed by atoms with Crippen LogP contribution in [0, 0.1) is 0 Å². The first-order valence-corrected chi connectivity index (χ1v) is 19.5. The van der Waals surface area contributed by atoms with Crippen LogP contribution in [0.15, 0.2) is 0 Å². The van der Waals surface area contributed by atoms with E-state index in [4.69, 9.17) is 15.6 Å². The van der Waals surface area contributed by atoms with E-state index in [-0.39, 0.29) is 25.3 Å². The van der Waals surface area contributed by atoms with Crippen molar-refractivity contribution in [3.8, 4) is 0 Å². The number of aliphatic hydroxyl groups excluding tert-OH is 3. The van der Waals surface area contributed by atoms with Gasteiger partial charge in [-0.25, -0.2) is 0 Å². The molecule has 8 N–H and O–H groups in total. The molecule has 3 amide bonds. The SMILES string of the molecule is CCCCCCCCCCCCN(C(=O)CCCCCCCCCCC)[C@@]1(NC(=O)[C@@H](C)NC(=O)[C@@H](N)CC(=O)O)C[C@@H](O)[C@H](O)[C@@H](CO)O1. The summed E-state index contributed by atoms with van der Waals surface area (Å²) in [6.07, 6.45) is 15.5. The van der Waals surface area contributed by atoms with Crippen molar-refractivity contribution >= 4 is 23.7 Å². The highest BCUT2D eigenvalue weighted by Gasteiger charge is 2.52. The second-order valence-corrected chi connectivity index (χ2v) is 14.1. The maximum atomic E-state index is 14.0. The third-order valence-corrected chi connectivity index (χ3v) is 9.56. The van der Waals surface area contributed by atoms with Crippen molar-refractivity contribution in [1.29, 1.82) is 0 Å². The average molecular weight is 715 g/mol. The van der Waals surface area contributed by atoms with Crippen LogP contribution in [0.5, 0.6) is 0 Å². The first-order valence-electron chi connectivity index (χ1n) is 19.5. The molecule has 1 aliphatic rings. The summed E-state index contributed by atoms with van der Waals surface area (Å²) in [7, 11) is 0. The quantitative estimate of drug-likeness (QED) is 0.0433. The molecule has 0 aromatic rings. The summed E-state index contributed by atoms with van der Waals surface area (Å²) in [5.41, 5.74) is 5.67. The number of carbonyl (C=O) groups is 4. The van der Waals surface area contributed by atoms with E-state index < -0.39 is 67.1 Å². The van der Waals surface area contributed by atoms with E-state index in [2.05, 4.69) is 24.5 Å². The summed E-state index contributed by atoms with van der Waals surface area (Å²) in [6, 6.07) is -2.60. The molecular formula is C37H70N4O9. The van der Waals surface area contributed by atoms with Gasteiger partial charge in [0.25, 0.3) is 0 Å². The number of nitrogens with zero attached hydrogens (tertiary/aromatic N) is 1. The maximum absolute atomic E-state index is 14.0. The molecule has 1 saturated heterocycles. The number of hydrogen-bond acceptors (Lipinski definition) is 9. The molecule has 1 fully saturated rings. The van der Waals surface area contributed by atoms with Crippen LogP contribution >= 0.6 is 0 Å². The second kappa shape index (κ2) is 26.5.